The standard InChI is InChI=1S/C13H13N3O3/c1-18-13(17)10-4-16-3-9(15-11(16)2-14-10)12-7-5-19-6-8(7)12/h2-4,7-8,12H,5-6H2,1H3. The number of fused-ring (bicyclic) bond motifs is 2. The lowest BCUT2D eigenvalue weighted by Gasteiger charge is -1.99. The van der Waals surface area contributed by atoms with Crippen LogP contribution in [0, 0.1) is 11.8 Å². The average molecular weight is 259 g/mol. The predicted molar refractivity (Wildman–Crippen MR) is 64.9 cm³/mol. The number of imidazole rings is 1. The molecule has 1 saturated heterocycles. The number of carbonyl (C=O) groups excluding carboxylic acids is 1. The lowest BCUT2D eigenvalue weighted by atomic mass is 10.2. The van der Waals surface area contributed by atoms with Crippen molar-refractivity contribution in [1.82, 2.24) is 14.4 Å². The zero-order valence-electron chi connectivity index (χ0n) is 10.4. The minimum atomic E-state index is -0.436. The van der Waals surface area contributed by atoms with Crippen LogP contribution in [0.15, 0.2) is 18.6 Å². The molecule has 2 unspecified atom stereocenters. The van der Waals surface area contributed by atoms with Gasteiger partial charge in [-0.25, -0.2) is 14.8 Å². The summed E-state index contributed by atoms with van der Waals surface area (Å²) >= 11 is 0. The Morgan fingerprint density at radius 3 is 2.95 bits per heavy atom. The second-order valence-corrected chi connectivity index (χ2v) is 5.09. The maximum absolute atomic E-state index is 11.4. The van der Waals surface area contributed by atoms with Gasteiger partial charge in [-0.05, 0) is 11.8 Å². The molecule has 2 atom stereocenters. The molecule has 4 rings (SSSR count). The maximum atomic E-state index is 11.4. The molecule has 0 radical (unpaired) electrons. The van der Waals surface area contributed by atoms with E-state index in [2.05, 4.69) is 14.7 Å². The number of rotatable bonds is 2. The number of methoxy groups -OCH3 is 1. The fraction of sp³-hybridized carbons (Fsp3) is 0.462. The molecule has 0 spiro atoms. The first-order chi connectivity index (χ1) is 9.28. The summed E-state index contributed by atoms with van der Waals surface area (Å²) in [7, 11) is 1.35. The van der Waals surface area contributed by atoms with Crippen molar-refractivity contribution in [2.24, 2.45) is 11.8 Å². The van der Waals surface area contributed by atoms with Gasteiger partial charge in [-0.3, -0.25) is 0 Å². The molecule has 2 aromatic heterocycles. The second kappa shape index (κ2) is 3.77. The van der Waals surface area contributed by atoms with E-state index >= 15 is 0 Å². The molecule has 1 aliphatic heterocycles. The minimum Gasteiger partial charge on any atom is -0.464 e. The molecule has 6 heteroatoms. The van der Waals surface area contributed by atoms with Gasteiger partial charge in [0.25, 0.3) is 0 Å². The van der Waals surface area contributed by atoms with Crippen LogP contribution in [0.4, 0.5) is 0 Å². The van der Waals surface area contributed by atoms with Gasteiger partial charge >= 0.3 is 5.97 Å². The van der Waals surface area contributed by atoms with Gasteiger partial charge in [0.15, 0.2) is 11.3 Å². The fourth-order valence-corrected chi connectivity index (χ4v) is 2.97. The van der Waals surface area contributed by atoms with Crippen LogP contribution < -0.4 is 0 Å². The molecule has 19 heavy (non-hydrogen) atoms. The highest BCUT2D eigenvalue weighted by Crippen LogP contribution is 2.56. The Morgan fingerprint density at radius 1 is 1.42 bits per heavy atom. The van der Waals surface area contributed by atoms with Crippen LogP contribution in [-0.2, 0) is 9.47 Å². The predicted octanol–water partition coefficient (Wildman–Crippen LogP) is 0.876. The van der Waals surface area contributed by atoms with E-state index in [1.165, 1.54) is 7.11 Å². The van der Waals surface area contributed by atoms with Gasteiger partial charge in [-0.2, -0.15) is 0 Å². The summed E-state index contributed by atoms with van der Waals surface area (Å²) in [5.74, 6) is 1.32. The zero-order chi connectivity index (χ0) is 13.0. The zero-order valence-corrected chi connectivity index (χ0v) is 10.4. The summed E-state index contributed by atoms with van der Waals surface area (Å²) < 4.78 is 11.9. The number of ether oxygens (including phenoxy) is 2. The molecule has 0 aromatic carbocycles. The van der Waals surface area contributed by atoms with E-state index in [0.29, 0.717) is 23.4 Å². The molecule has 0 amide bonds. The number of nitrogens with zero attached hydrogens (tertiary/aromatic N) is 3. The third-order valence-corrected chi connectivity index (χ3v) is 4.05. The van der Waals surface area contributed by atoms with Crippen molar-refractivity contribution in [2.45, 2.75) is 5.92 Å². The van der Waals surface area contributed by atoms with Crippen LogP contribution in [0.2, 0.25) is 0 Å². The highest BCUT2D eigenvalue weighted by Gasteiger charge is 2.55. The molecule has 1 aliphatic carbocycles. The van der Waals surface area contributed by atoms with Crippen molar-refractivity contribution in [3.8, 4) is 0 Å². The molecule has 2 aromatic rings. The first kappa shape index (κ1) is 10.9. The van der Waals surface area contributed by atoms with Gasteiger partial charge in [0, 0.05) is 18.3 Å². The Bertz CT molecular complexity index is 656. The quantitative estimate of drug-likeness (QED) is 0.749. The maximum Gasteiger partial charge on any atom is 0.358 e. The Hall–Kier alpha value is -1.95. The molecule has 0 N–H and O–H groups in total. The summed E-state index contributed by atoms with van der Waals surface area (Å²) in [5.41, 5.74) is 2.12. The molecule has 0 bridgehead atoms. The van der Waals surface area contributed by atoms with Gasteiger partial charge in [-0.15, -0.1) is 0 Å². The van der Waals surface area contributed by atoms with Crippen LogP contribution in [-0.4, -0.2) is 40.7 Å². The smallest absolute Gasteiger partial charge is 0.358 e. The third-order valence-electron chi connectivity index (χ3n) is 4.05. The van der Waals surface area contributed by atoms with E-state index in [4.69, 9.17) is 4.74 Å². The Labute approximate surface area is 109 Å². The number of aromatic nitrogens is 3. The van der Waals surface area contributed by atoms with E-state index in [9.17, 15) is 4.79 Å². The van der Waals surface area contributed by atoms with Gasteiger partial charge in [0.05, 0.1) is 32.2 Å². The van der Waals surface area contributed by atoms with E-state index in [-0.39, 0.29) is 0 Å². The van der Waals surface area contributed by atoms with Gasteiger partial charge in [-0.1, -0.05) is 0 Å². The van der Waals surface area contributed by atoms with Crippen molar-refractivity contribution in [3.63, 3.8) is 0 Å². The van der Waals surface area contributed by atoms with Crippen LogP contribution in [0.3, 0.4) is 0 Å². The topological polar surface area (TPSA) is 65.7 Å². The molecule has 2 fully saturated rings. The summed E-state index contributed by atoms with van der Waals surface area (Å²) in [6.07, 6.45) is 5.24. The van der Waals surface area contributed by atoms with Crippen LogP contribution >= 0.6 is 0 Å². The monoisotopic (exact) mass is 259 g/mol. The van der Waals surface area contributed by atoms with Gasteiger partial charge in [0.2, 0.25) is 0 Å². The number of hydrogen-bond acceptors (Lipinski definition) is 5. The largest absolute Gasteiger partial charge is 0.464 e. The highest BCUT2D eigenvalue weighted by molar-refractivity contribution is 5.86. The average Bonchev–Trinajstić information content (AvgIpc) is 2.84. The SMILES string of the molecule is COC(=O)c1cn2cc(C3C4COCC43)nc2cn1. The van der Waals surface area contributed by atoms with Crippen molar-refractivity contribution in [2.75, 3.05) is 20.3 Å². The lowest BCUT2D eigenvalue weighted by Crippen LogP contribution is -2.05. The Balaban J connectivity index is 1.69. The summed E-state index contributed by atoms with van der Waals surface area (Å²) in [5, 5.41) is 0. The van der Waals surface area contributed by atoms with E-state index in [0.717, 1.165) is 24.6 Å². The molecule has 3 heterocycles. The Morgan fingerprint density at radius 2 is 2.21 bits per heavy atom. The minimum absolute atomic E-state index is 0.290. The highest BCUT2D eigenvalue weighted by atomic mass is 16.5. The summed E-state index contributed by atoms with van der Waals surface area (Å²) in [6, 6.07) is 0. The van der Waals surface area contributed by atoms with Crippen LogP contribution in [0.1, 0.15) is 22.1 Å². The summed E-state index contributed by atoms with van der Waals surface area (Å²) in [6.45, 7) is 1.68. The van der Waals surface area contributed by atoms with E-state index < -0.39 is 5.97 Å². The molecular weight excluding hydrogens is 246 g/mol. The molecule has 98 valence electrons. The van der Waals surface area contributed by atoms with Crippen molar-refractivity contribution < 1.29 is 14.3 Å². The van der Waals surface area contributed by atoms with E-state index in [1.54, 1.807) is 12.4 Å². The summed E-state index contributed by atoms with van der Waals surface area (Å²) in [4.78, 5) is 20.1. The number of carbonyl (C=O) groups is 1. The lowest BCUT2D eigenvalue weighted by molar-refractivity contribution is 0.0593. The normalized spacial score (nSPS) is 28.4. The molecule has 2 aliphatic rings. The third kappa shape index (κ3) is 1.56. The Kier molecular flexibility index (Phi) is 2.17. The van der Waals surface area contributed by atoms with Gasteiger partial charge < -0.3 is 13.9 Å². The van der Waals surface area contributed by atoms with Crippen molar-refractivity contribution in [1.29, 1.82) is 0 Å². The second-order valence-electron chi connectivity index (χ2n) is 5.09. The van der Waals surface area contributed by atoms with Crippen molar-refractivity contribution >= 4 is 11.6 Å². The van der Waals surface area contributed by atoms with Crippen molar-refractivity contribution in [3.05, 3.63) is 30.0 Å². The van der Waals surface area contributed by atoms with Gasteiger partial charge in [0.1, 0.15) is 0 Å². The fourth-order valence-electron chi connectivity index (χ4n) is 2.97. The number of hydrogen-bond donors (Lipinski definition) is 0. The van der Waals surface area contributed by atoms with E-state index in [1.807, 2.05) is 10.6 Å². The van der Waals surface area contributed by atoms with Crippen LogP contribution in [0.5, 0.6) is 0 Å². The molecule has 6 nitrogen and oxygen atoms in total. The van der Waals surface area contributed by atoms with Crippen LogP contribution in [0.25, 0.3) is 5.65 Å². The number of esters is 1. The molecule has 1 saturated carbocycles. The first-order valence-corrected chi connectivity index (χ1v) is 6.28. The first-order valence-electron chi connectivity index (χ1n) is 6.28. The molecular formula is C13H13N3O3.